The van der Waals surface area contributed by atoms with E-state index in [4.69, 9.17) is 11.6 Å². The zero-order chi connectivity index (χ0) is 4.99. The second-order valence-electron chi connectivity index (χ2n) is 0.916. The molecule has 1 radical (unpaired) electrons. The fourth-order valence-corrected chi connectivity index (χ4v) is 0.481. The molecule has 0 heterocycles. The lowest BCUT2D eigenvalue weighted by molar-refractivity contribution is 1.23. The van der Waals surface area contributed by atoms with Gasteiger partial charge in [-0.25, -0.2) is 0 Å². The van der Waals surface area contributed by atoms with E-state index in [2.05, 4.69) is 12.6 Å². The Bertz CT molecular complexity index is 54.6. The van der Waals surface area contributed by atoms with Crippen molar-refractivity contribution in [1.82, 2.24) is 0 Å². The molecule has 0 aliphatic rings. The van der Waals surface area contributed by atoms with Crippen LogP contribution in [0.4, 0.5) is 0 Å². The first-order valence-electron chi connectivity index (χ1n) is 1.80. The SMILES string of the molecule is CC/C=C(/[S])Cl. The Balaban J connectivity index is 3.14. The fourth-order valence-electron chi connectivity index (χ4n) is 0.160. The molecule has 0 nitrogen and oxygen atoms in total. The third-order valence-corrected chi connectivity index (χ3v) is 0.686. The van der Waals surface area contributed by atoms with Crippen LogP contribution < -0.4 is 0 Å². The van der Waals surface area contributed by atoms with Crippen LogP contribution in [0.2, 0.25) is 0 Å². The lowest BCUT2D eigenvalue weighted by Gasteiger charge is -1.74. The summed E-state index contributed by atoms with van der Waals surface area (Å²) in [5.74, 6) is 0. The highest BCUT2D eigenvalue weighted by molar-refractivity contribution is 7.86. The summed E-state index contributed by atoms with van der Waals surface area (Å²) in [5, 5.41) is 0. The van der Waals surface area contributed by atoms with E-state index < -0.39 is 0 Å². The fraction of sp³-hybridized carbons (Fsp3) is 0.500. The van der Waals surface area contributed by atoms with Crippen molar-refractivity contribution >= 4 is 24.2 Å². The average molecular weight is 122 g/mol. The van der Waals surface area contributed by atoms with Crippen molar-refractivity contribution < 1.29 is 0 Å². The Morgan fingerprint density at radius 3 is 2.50 bits per heavy atom. The number of halogens is 1. The third kappa shape index (κ3) is 4.25. The maximum absolute atomic E-state index is 5.25. The van der Waals surface area contributed by atoms with Gasteiger partial charge in [0.05, 0.1) is 4.36 Å². The van der Waals surface area contributed by atoms with Gasteiger partial charge < -0.3 is 0 Å². The molecule has 0 bridgehead atoms. The third-order valence-electron chi connectivity index (χ3n) is 0.365. The molecule has 0 saturated heterocycles. The van der Waals surface area contributed by atoms with Crippen LogP contribution >= 0.6 is 24.2 Å². The molecular weight excluding hydrogens is 116 g/mol. The molecule has 0 saturated carbocycles. The van der Waals surface area contributed by atoms with Crippen molar-refractivity contribution in [3.63, 3.8) is 0 Å². The van der Waals surface area contributed by atoms with Crippen LogP contribution in [0.1, 0.15) is 13.3 Å². The summed E-state index contributed by atoms with van der Waals surface area (Å²) in [6.07, 6.45) is 2.72. The monoisotopic (exact) mass is 121 g/mol. The average Bonchev–Trinajstić information content (AvgIpc) is 1.35. The number of hydrogen-bond acceptors (Lipinski definition) is 0. The van der Waals surface area contributed by atoms with Crippen LogP contribution in [0.3, 0.4) is 0 Å². The van der Waals surface area contributed by atoms with Gasteiger partial charge in [0, 0.05) is 0 Å². The van der Waals surface area contributed by atoms with E-state index in [0.717, 1.165) is 6.42 Å². The van der Waals surface area contributed by atoms with Gasteiger partial charge in [-0.15, -0.1) is 0 Å². The molecule has 6 heavy (non-hydrogen) atoms. The molecule has 0 spiro atoms. The predicted molar refractivity (Wildman–Crippen MR) is 31.8 cm³/mol. The predicted octanol–water partition coefficient (Wildman–Crippen LogP) is 2.67. The molecule has 0 aliphatic carbocycles. The molecular formula is C4H6ClS. The second kappa shape index (κ2) is 3.44. The second-order valence-corrected chi connectivity index (χ2v) is 1.99. The van der Waals surface area contributed by atoms with Crippen LogP contribution in [0.25, 0.3) is 0 Å². The lowest BCUT2D eigenvalue weighted by atomic mass is 10.5. The highest BCUT2D eigenvalue weighted by Gasteiger charge is 1.73. The first-order valence-corrected chi connectivity index (χ1v) is 2.58. The van der Waals surface area contributed by atoms with Gasteiger partial charge >= 0.3 is 0 Å². The van der Waals surface area contributed by atoms with Crippen LogP contribution in [-0.4, -0.2) is 0 Å². The van der Waals surface area contributed by atoms with Gasteiger partial charge in [-0.3, -0.25) is 0 Å². The van der Waals surface area contributed by atoms with Crippen LogP contribution in [-0.2, 0) is 0 Å². The van der Waals surface area contributed by atoms with Gasteiger partial charge in [-0.2, -0.15) is 0 Å². The summed E-state index contributed by atoms with van der Waals surface area (Å²) in [5.41, 5.74) is 0. The minimum absolute atomic E-state index is 0.470. The highest BCUT2D eigenvalue weighted by Crippen LogP contribution is 2.05. The number of rotatable bonds is 1. The largest absolute Gasteiger partial charge is 0.0995 e. The Morgan fingerprint density at radius 2 is 2.50 bits per heavy atom. The Kier molecular flexibility index (Phi) is 3.58. The number of allylic oxidation sites excluding steroid dienone is 1. The normalized spacial score (nSPS) is 12.0. The topological polar surface area (TPSA) is 0 Å². The van der Waals surface area contributed by atoms with Crippen LogP contribution in [0, 0.1) is 0 Å². The smallest absolute Gasteiger partial charge is 0.0719 e. The maximum atomic E-state index is 5.25. The van der Waals surface area contributed by atoms with Gasteiger partial charge in [-0.1, -0.05) is 37.2 Å². The van der Waals surface area contributed by atoms with Crippen molar-refractivity contribution in [1.29, 1.82) is 0 Å². The molecule has 0 rings (SSSR count). The first kappa shape index (κ1) is 6.25. The van der Waals surface area contributed by atoms with E-state index in [1.165, 1.54) is 0 Å². The molecule has 0 atom stereocenters. The summed E-state index contributed by atoms with van der Waals surface area (Å²) in [4.78, 5) is 0. The lowest BCUT2D eigenvalue weighted by Crippen LogP contribution is -1.50. The number of hydrogen-bond donors (Lipinski definition) is 0. The van der Waals surface area contributed by atoms with E-state index in [1.807, 2.05) is 6.92 Å². The molecule has 2 heteroatoms. The summed E-state index contributed by atoms with van der Waals surface area (Å²) in [6, 6.07) is 0. The van der Waals surface area contributed by atoms with E-state index >= 15 is 0 Å². The molecule has 0 fully saturated rings. The minimum atomic E-state index is 0.470. The molecule has 0 aromatic carbocycles. The Hall–Kier alpha value is 0.250. The Morgan fingerprint density at radius 1 is 2.00 bits per heavy atom. The standard InChI is InChI=1S/C4H6ClS/c1-2-3-4(5)6/h3H,2H2,1H3/b4-3+. The summed E-state index contributed by atoms with van der Waals surface area (Å²) in [6.45, 7) is 1.99. The first-order chi connectivity index (χ1) is 2.77. The van der Waals surface area contributed by atoms with Gasteiger partial charge in [0.1, 0.15) is 0 Å². The van der Waals surface area contributed by atoms with Crippen molar-refractivity contribution in [2.24, 2.45) is 0 Å². The summed E-state index contributed by atoms with van der Waals surface area (Å²) >= 11 is 9.76. The summed E-state index contributed by atoms with van der Waals surface area (Å²) < 4.78 is 0.470. The Labute approximate surface area is 48.6 Å². The summed E-state index contributed by atoms with van der Waals surface area (Å²) in [7, 11) is 0. The van der Waals surface area contributed by atoms with Crippen molar-refractivity contribution in [3.8, 4) is 0 Å². The molecule has 0 unspecified atom stereocenters. The van der Waals surface area contributed by atoms with Crippen molar-refractivity contribution in [2.45, 2.75) is 13.3 Å². The van der Waals surface area contributed by atoms with Crippen LogP contribution in [0.15, 0.2) is 10.4 Å². The van der Waals surface area contributed by atoms with E-state index in [1.54, 1.807) is 6.08 Å². The molecule has 35 valence electrons. The highest BCUT2D eigenvalue weighted by atomic mass is 35.5. The molecule has 0 aromatic heterocycles. The van der Waals surface area contributed by atoms with Gasteiger partial charge in [-0.05, 0) is 6.42 Å². The quantitative estimate of drug-likeness (QED) is 0.501. The zero-order valence-electron chi connectivity index (χ0n) is 3.57. The molecule has 0 amide bonds. The van der Waals surface area contributed by atoms with Crippen molar-refractivity contribution in [3.05, 3.63) is 10.4 Å². The van der Waals surface area contributed by atoms with Crippen LogP contribution in [0.5, 0.6) is 0 Å². The van der Waals surface area contributed by atoms with Gasteiger partial charge in [0.2, 0.25) is 0 Å². The van der Waals surface area contributed by atoms with E-state index in [0.29, 0.717) is 4.36 Å². The maximum Gasteiger partial charge on any atom is 0.0995 e. The zero-order valence-corrected chi connectivity index (χ0v) is 5.14. The van der Waals surface area contributed by atoms with Gasteiger partial charge in [0.25, 0.3) is 0 Å². The molecule has 0 aromatic rings. The van der Waals surface area contributed by atoms with E-state index in [-0.39, 0.29) is 0 Å². The minimum Gasteiger partial charge on any atom is -0.0719 e. The van der Waals surface area contributed by atoms with E-state index in [9.17, 15) is 0 Å². The van der Waals surface area contributed by atoms with Gasteiger partial charge in [0.15, 0.2) is 0 Å². The molecule has 0 N–H and O–H groups in total. The van der Waals surface area contributed by atoms with Crippen molar-refractivity contribution in [2.75, 3.05) is 0 Å². The molecule has 0 aliphatic heterocycles.